The standard InChI is InChI=1S/C82H52N8O/c1-3-4-31-59-50(2)88(58-29-12-7-13-30-58)76-62(59)46-47-63-60-32-17-20-38-69(60)90(77(63)76)82-86-79(53-25-10-6-11-26-53)85-80(87-82)54-42-40-51(41-43-54)55-27-22-28-56(48-55)57-44-45-67-71(49-57)91-78-64-34-15-14-33-61(64)75-72(73(67)78)66-36-18-21-39-70(66)89(75)81-83-68-37-19-16-35-65(68)74(84-81)52-23-8-5-9-24-52/h3-49H,1H2,2H3/b31-4-. The van der Waals surface area contributed by atoms with E-state index in [4.69, 9.17) is 29.3 Å². The molecule has 426 valence electrons. The molecule has 18 aromatic rings. The Morgan fingerprint density at radius 3 is 1.63 bits per heavy atom. The Balaban J connectivity index is 0.753. The average molecular weight is 1170 g/mol. The van der Waals surface area contributed by atoms with Gasteiger partial charge in [0.15, 0.2) is 11.6 Å². The van der Waals surface area contributed by atoms with E-state index in [0.717, 1.165) is 160 Å². The number of aromatic nitrogens is 8. The van der Waals surface area contributed by atoms with Gasteiger partial charge in [0, 0.05) is 87.5 Å². The molecule has 0 bridgehead atoms. The third kappa shape index (κ3) is 8.15. The van der Waals surface area contributed by atoms with Crippen LogP contribution in [-0.2, 0) is 0 Å². The van der Waals surface area contributed by atoms with Gasteiger partial charge < -0.3 is 8.98 Å². The highest BCUT2D eigenvalue weighted by molar-refractivity contribution is 6.36. The van der Waals surface area contributed by atoms with Crippen LogP contribution in [0.5, 0.6) is 0 Å². The first-order chi connectivity index (χ1) is 45.0. The lowest BCUT2D eigenvalue weighted by Crippen LogP contribution is -2.07. The predicted octanol–water partition coefficient (Wildman–Crippen LogP) is 20.8. The molecule has 12 aromatic carbocycles. The minimum atomic E-state index is 0.528. The number of rotatable bonds is 10. The minimum Gasteiger partial charge on any atom is -0.455 e. The number of benzene rings is 12. The van der Waals surface area contributed by atoms with E-state index in [9.17, 15) is 0 Å². The van der Waals surface area contributed by atoms with Crippen LogP contribution in [0.25, 0.3) is 178 Å². The lowest BCUT2D eigenvalue weighted by Gasteiger charge is -2.13. The third-order valence-corrected chi connectivity index (χ3v) is 18.1. The average Bonchev–Trinajstić information content (AvgIpc) is 1.57. The van der Waals surface area contributed by atoms with Gasteiger partial charge in [0.05, 0.1) is 38.8 Å². The van der Waals surface area contributed by atoms with Gasteiger partial charge in [0.25, 0.3) is 0 Å². The van der Waals surface area contributed by atoms with Crippen molar-refractivity contribution in [3.05, 3.63) is 297 Å². The molecule has 9 nitrogen and oxygen atoms in total. The number of hydrogen-bond acceptors (Lipinski definition) is 6. The maximum Gasteiger partial charge on any atom is 0.238 e. The SMILES string of the molecule is C=C/C=C\c1c(C)n(-c2ccccc2)c2c1ccc1c3ccccc3n(-c3nc(-c4ccccc4)nc(-c4ccc(-c5cccc(-c6ccc7c(c6)oc6c8ccccc8c8c(c9ccccc9n8-c8nc(-c9ccccc9)c9ccccc9n8)c76)c5)cc4)n3)c12. The van der Waals surface area contributed by atoms with Crippen LogP contribution in [0.4, 0.5) is 0 Å². The summed E-state index contributed by atoms with van der Waals surface area (Å²) in [4.78, 5) is 26.8. The Labute approximate surface area is 522 Å². The second-order valence-corrected chi connectivity index (χ2v) is 23.2. The zero-order chi connectivity index (χ0) is 60.3. The molecule has 0 aliphatic heterocycles. The summed E-state index contributed by atoms with van der Waals surface area (Å²) in [6.45, 7) is 6.20. The molecule has 0 atom stereocenters. The molecule has 0 aliphatic carbocycles. The smallest absolute Gasteiger partial charge is 0.238 e. The van der Waals surface area contributed by atoms with E-state index in [-0.39, 0.29) is 0 Å². The van der Waals surface area contributed by atoms with Crippen molar-refractivity contribution in [1.82, 2.24) is 38.6 Å². The summed E-state index contributed by atoms with van der Waals surface area (Å²) < 4.78 is 14.0. The van der Waals surface area contributed by atoms with Gasteiger partial charge in [-0.3, -0.25) is 9.13 Å². The van der Waals surface area contributed by atoms with Crippen molar-refractivity contribution in [1.29, 1.82) is 0 Å². The summed E-state index contributed by atoms with van der Waals surface area (Å²) in [5, 5.41) is 10.7. The lowest BCUT2D eigenvalue weighted by molar-refractivity contribution is 0.673. The molecule has 0 unspecified atom stereocenters. The maximum atomic E-state index is 7.11. The van der Waals surface area contributed by atoms with Crippen LogP contribution in [0.1, 0.15) is 11.3 Å². The molecule has 0 N–H and O–H groups in total. The van der Waals surface area contributed by atoms with Gasteiger partial charge in [0.1, 0.15) is 11.2 Å². The Morgan fingerprint density at radius 1 is 0.363 bits per heavy atom. The van der Waals surface area contributed by atoms with E-state index in [2.05, 4.69) is 270 Å². The number of fused-ring (bicyclic) bond motifs is 16. The molecule has 0 amide bonds. The van der Waals surface area contributed by atoms with E-state index in [0.29, 0.717) is 23.5 Å². The first kappa shape index (κ1) is 51.9. The van der Waals surface area contributed by atoms with Crippen LogP contribution >= 0.6 is 0 Å². The van der Waals surface area contributed by atoms with Gasteiger partial charge in [-0.05, 0) is 77.7 Å². The topological polar surface area (TPSA) is 92.4 Å². The highest BCUT2D eigenvalue weighted by atomic mass is 16.3. The van der Waals surface area contributed by atoms with Gasteiger partial charge in [-0.2, -0.15) is 9.97 Å². The van der Waals surface area contributed by atoms with Crippen LogP contribution in [0.2, 0.25) is 0 Å². The Bertz CT molecular complexity index is 6030. The minimum absolute atomic E-state index is 0.528. The molecule has 0 radical (unpaired) electrons. The number of nitrogens with zero attached hydrogens (tertiary/aromatic N) is 8. The number of hydrogen-bond donors (Lipinski definition) is 0. The van der Waals surface area contributed by atoms with E-state index < -0.39 is 0 Å². The fourth-order valence-corrected chi connectivity index (χ4v) is 14.0. The van der Waals surface area contributed by atoms with E-state index in [1.165, 1.54) is 0 Å². The number of para-hydroxylation sites is 4. The highest BCUT2D eigenvalue weighted by Gasteiger charge is 2.27. The van der Waals surface area contributed by atoms with Crippen molar-refractivity contribution >= 4 is 104 Å². The molecule has 91 heavy (non-hydrogen) atoms. The molecule has 0 spiro atoms. The summed E-state index contributed by atoms with van der Waals surface area (Å²) in [7, 11) is 0. The van der Waals surface area contributed by atoms with Crippen LogP contribution in [0, 0.1) is 6.92 Å². The summed E-state index contributed by atoms with van der Waals surface area (Å²) in [5.74, 6) is 2.29. The number of furan rings is 1. The Morgan fingerprint density at radius 2 is 0.879 bits per heavy atom. The summed E-state index contributed by atoms with van der Waals surface area (Å²) >= 11 is 0. The van der Waals surface area contributed by atoms with E-state index in [1.54, 1.807) is 0 Å². The summed E-state index contributed by atoms with van der Waals surface area (Å²) in [6, 6.07) is 93.6. The van der Waals surface area contributed by atoms with Crippen LogP contribution < -0.4 is 0 Å². The Hall–Kier alpha value is -12.3. The van der Waals surface area contributed by atoms with Crippen molar-refractivity contribution in [2.45, 2.75) is 6.92 Å². The first-order valence-electron chi connectivity index (χ1n) is 30.6. The molecule has 0 saturated carbocycles. The fraction of sp³-hybridized carbons (Fsp3) is 0.0122. The molecular weight excluding hydrogens is 1110 g/mol. The molecule has 6 heterocycles. The molecular formula is C82H52N8O. The maximum absolute atomic E-state index is 7.11. The predicted molar refractivity (Wildman–Crippen MR) is 374 cm³/mol. The van der Waals surface area contributed by atoms with Gasteiger partial charge in [0.2, 0.25) is 11.9 Å². The molecule has 9 heteroatoms. The van der Waals surface area contributed by atoms with Crippen LogP contribution in [-0.4, -0.2) is 38.6 Å². The molecule has 0 fully saturated rings. The molecule has 0 saturated heterocycles. The zero-order valence-electron chi connectivity index (χ0n) is 49.3. The quantitative estimate of drug-likeness (QED) is 0.127. The summed E-state index contributed by atoms with van der Waals surface area (Å²) in [5.41, 5.74) is 18.9. The molecule has 0 aliphatic rings. The second kappa shape index (κ2) is 20.7. The Kier molecular flexibility index (Phi) is 11.8. The van der Waals surface area contributed by atoms with Crippen molar-refractivity contribution in [3.63, 3.8) is 0 Å². The van der Waals surface area contributed by atoms with Crippen molar-refractivity contribution < 1.29 is 4.42 Å². The van der Waals surface area contributed by atoms with Crippen molar-refractivity contribution in [2.24, 2.45) is 0 Å². The van der Waals surface area contributed by atoms with Gasteiger partial charge in [-0.25, -0.2) is 15.0 Å². The monoisotopic (exact) mass is 1160 g/mol. The zero-order valence-corrected chi connectivity index (χ0v) is 49.3. The summed E-state index contributed by atoms with van der Waals surface area (Å²) in [6.07, 6.45) is 5.99. The van der Waals surface area contributed by atoms with E-state index >= 15 is 0 Å². The largest absolute Gasteiger partial charge is 0.455 e. The second-order valence-electron chi connectivity index (χ2n) is 23.2. The fourth-order valence-electron chi connectivity index (χ4n) is 14.0. The van der Waals surface area contributed by atoms with Crippen LogP contribution in [0.3, 0.4) is 0 Å². The number of allylic oxidation sites excluding steroid dienone is 2. The van der Waals surface area contributed by atoms with E-state index in [1.807, 2.05) is 42.5 Å². The van der Waals surface area contributed by atoms with Crippen molar-refractivity contribution in [3.8, 4) is 73.9 Å². The van der Waals surface area contributed by atoms with Crippen molar-refractivity contribution in [2.75, 3.05) is 0 Å². The molecule has 18 rings (SSSR count). The van der Waals surface area contributed by atoms with Gasteiger partial charge >= 0.3 is 0 Å². The van der Waals surface area contributed by atoms with Gasteiger partial charge in [-0.15, -0.1) is 0 Å². The van der Waals surface area contributed by atoms with Gasteiger partial charge in [-0.1, -0.05) is 243 Å². The lowest BCUT2D eigenvalue weighted by atomic mass is 9.96. The highest BCUT2D eigenvalue weighted by Crippen LogP contribution is 2.48. The third-order valence-electron chi connectivity index (χ3n) is 18.1. The van der Waals surface area contributed by atoms with Crippen LogP contribution in [0.15, 0.2) is 290 Å². The normalized spacial score (nSPS) is 12.0. The molecule has 6 aromatic heterocycles. The first-order valence-corrected chi connectivity index (χ1v) is 30.6.